The molecule has 0 aliphatic carbocycles. The van der Waals surface area contributed by atoms with Gasteiger partial charge in [-0.2, -0.15) is 14.5 Å². The van der Waals surface area contributed by atoms with Crippen LogP contribution in [0, 0.1) is 12.8 Å². The summed E-state index contributed by atoms with van der Waals surface area (Å²) in [5.41, 5.74) is 1.28. The Morgan fingerprint density at radius 3 is 2.64 bits per heavy atom. The van der Waals surface area contributed by atoms with E-state index >= 15 is 0 Å². The minimum atomic E-state index is -3.66. The first-order chi connectivity index (χ1) is 13.3. The van der Waals surface area contributed by atoms with E-state index in [9.17, 15) is 13.2 Å². The number of nitrogens with one attached hydrogen (secondary N) is 1. The largest absolute Gasteiger partial charge is 0.350 e. The van der Waals surface area contributed by atoms with Gasteiger partial charge in [-0.15, -0.1) is 0 Å². The average molecular weight is 409 g/mol. The second-order valence-electron chi connectivity index (χ2n) is 7.02. The molecule has 1 atom stereocenters. The molecule has 3 heterocycles. The number of piperidine rings is 1. The molecule has 0 radical (unpaired) electrons. The Balaban J connectivity index is 1.65. The Kier molecular flexibility index (Phi) is 6.19. The van der Waals surface area contributed by atoms with Gasteiger partial charge in [0.1, 0.15) is 4.90 Å². The topological polar surface area (TPSA) is 102 Å². The van der Waals surface area contributed by atoms with Crippen molar-refractivity contribution >= 4 is 15.9 Å². The van der Waals surface area contributed by atoms with E-state index in [1.165, 1.54) is 4.31 Å². The van der Waals surface area contributed by atoms with Crippen molar-refractivity contribution in [3.8, 4) is 0 Å². The Labute approximate surface area is 165 Å². The predicted molar refractivity (Wildman–Crippen MR) is 104 cm³/mol. The average Bonchev–Trinajstić information content (AvgIpc) is 3.32. The van der Waals surface area contributed by atoms with Gasteiger partial charge in [0.25, 0.3) is 0 Å². The highest BCUT2D eigenvalue weighted by molar-refractivity contribution is 7.89. The third-order valence-corrected chi connectivity index (χ3v) is 7.03. The zero-order valence-corrected chi connectivity index (χ0v) is 17.4. The molecule has 1 unspecified atom stereocenters. The molecule has 1 aliphatic rings. The zero-order valence-electron chi connectivity index (χ0n) is 16.6. The lowest BCUT2D eigenvalue weighted by atomic mass is 9.99. The van der Waals surface area contributed by atoms with Crippen molar-refractivity contribution in [1.29, 1.82) is 0 Å². The highest BCUT2D eigenvalue weighted by Gasteiger charge is 2.35. The molecule has 1 amide bonds. The van der Waals surface area contributed by atoms with Crippen molar-refractivity contribution in [2.45, 2.75) is 58.1 Å². The number of aryl methyl sites for hydroxylation is 3. The Morgan fingerprint density at radius 1 is 1.25 bits per heavy atom. The van der Waals surface area contributed by atoms with Crippen LogP contribution in [0.15, 0.2) is 23.4 Å². The minimum absolute atomic E-state index is 0.132. The second kappa shape index (κ2) is 8.44. The van der Waals surface area contributed by atoms with Gasteiger partial charge in [0.15, 0.2) is 0 Å². The van der Waals surface area contributed by atoms with Gasteiger partial charge in [-0.1, -0.05) is 0 Å². The summed E-state index contributed by atoms with van der Waals surface area (Å²) in [7, 11) is -3.66. The molecule has 28 heavy (non-hydrogen) atoms. The molecule has 0 saturated carbocycles. The first-order valence-corrected chi connectivity index (χ1v) is 11.1. The summed E-state index contributed by atoms with van der Waals surface area (Å²) in [6, 6.07) is 1.87. The van der Waals surface area contributed by atoms with E-state index in [1.807, 2.05) is 26.1 Å². The van der Waals surface area contributed by atoms with Crippen molar-refractivity contribution in [2.24, 2.45) is 5.92 Å². The maximum Gasteiger partial charge on any atom is 0.246 e. The molecule has 2 aromatic rings. The lowest BCUT2D eigenvalue weighted by Gasteiger charge is -2.31. The molecule has 2 aromatic heterocycles. The number of hydrogen-bond donors (Lipinski definition) is 1. The molecular formula is C18H28N6O3S. The lowest BCUT2D eigenvalue weighted by Crippen LogP contribution is -2.45. The first kappa shape index (κ1) is 20.5. The van der Waals surface area contributed by atoms with Gasteiger partial charge in [0.05, 0.1) is 23.9 Å². The molecule has 1 aliphatic heterocycles. The van der Waals surface area contributed by atoms with Gasteiger partial charge in [-0.3, -0.25) is 14.2 Å². The van der Waals surface area contributed by atoms with Gasteiger partial charge in [-0.25, -0.2) is 8.42 Å². The van der Waals surface area contributed by atoms with Crippen LogP contribution in [0.4, 0.5) is 0 Å². The van der Waals surface area contributed by atoms with Gasteiger partial charge < -0.3 is 5.32 Å². The minimum Gasteiger partial charge on any atom is -0.350 e. The monoisotopic (exact) mass is 408 g/mol. The number of aromatic nitrogens is 4. The van der Waals surface area contributed by atoms with Crippen LogP contribution in [-0.2, 0) is 34.5 Å². The Morgan fingerprint density at radius 2 is 2.00 bits per heavy atom. The van der Waals surface area contributed by atoms with E-state index in [0.717, 1.165) is 12.2 Å². The summed E-state index contributed by atoms with van der Waals surface area (Å²) in [6.45, 7) is 7.94. The third-order valence-electron chi connectivity index (χ3n) is 5.06. The maximum absolute atomic E-state index is 13.0. The number of carbonyl (C=O) groups excluding carboxylic acids is 1. The number of carbonyl (C=O) groups is 1. The lowest BCUT2D eigenvalue weighted by molar-refractivity contribution is -0.126. The number of sulfonamides is 1. The normalized spacial score (nSPS) is 18.3. The molecule has 1 fully saturated rings. The summed E-state index contributed by atoms with van der Waals surface area (Å²) in [4.78, 5) is 12.8. The van der Waals surface area contributed by atoms with Crippen LogP contribution in [0.2, 0.25) is 0 Å². The highest BCUT2D eigenvalue weighted by Crippen LogP contribution is 2.25. The van der Waals surface area contributed by atoms with E-state index < -0.39 is 10.0 Å². The first-order valence-electron chi connectivity index (χ1n) is 9.69. The summed E-state index contributed by atoms with van der Waals surface area (Å²) < 4.78 is 30.9. The highest BCUT2D eigenvalue weighted by atomic mass is 32.2. The molecular weight excluding hydrogens is 380 g/mol. The van der Waals surface area contributed by atoms with Crippen LogP contribution in [0.1, 0.15) is 38.1 Å². The van der Waals surface area contributed by atoms with Crippen LogP contribution in [-0.4, -0.2) is 51.3 Å². The van der Waals surface area contributed by atoms with Gasteiger partial charge in [0, 0.05) is 38.6 Å². The number of rotatable bonds is 7. The van der Waals surface area contributed by atoms with Gasteiger partial charge >= 0.3 is 0 Å². The summed E-state index contributed by atoms with van der Waals surface area (Å²) >= 11 is 0. The fraction of sp³-hybridized carbons (Fsp3) is 0.611. The van der Waals surface area contributed by atoms with E-state index in [-0.39, 0.29) is 23.3 Å². The van der Waals surface area contributed by atoms with Crippen molar-refractivity contribution in [3.63, 3.8) is 0 Å². The molecule has 9 nitrogen and oxygen atoms in total. The van der Waals surface area contributed by atoms with Crippen LogP contribution in [0.5, 0.6) is 0 Å². The SMILES string of the molecule is CCn1ccc(CNC(=O)C2CCCN(S(=O)(=O)c3cn(CC)nc3C)C2)n1. The van der Waals surface area contributed by atoms with Gasteiger partial charge in [0.2, 0.25) is 15.9 Å². The third kappa shape index (κ3) is 4.27. The van der Waals surface area contributed by atoms with Gasteiger partial charge in [-0.05, 0) is 39.7 Å². The molecule has 0 bridgehead atoms. The number of nitrogens with zero attached hydrogens (tertiary/aromatic N) is 5. The maximum atomic E-state index is 13.0. The molecule has 1 N–H and O–H groups in total. The predicted octanol–water partition coefficient (Wildman–Crippen LogP) is 1.14. The van der Waals surface area contributed by atoms with Crippen molar-refractivity contribution in [3.05, 3.63) is 29.8 Å². The van der Waals surface area contributed by atoms with E-state index in [4.69, 9.17) is 0 Å². The van der Waals surface area contributed by atoms with Crippen LogP contribution >= 0.6 is 0 Å². The smallest absolute Gasteiger partial charge is 0.246 e. The van der Waals surface area contributed by atoms with Crippen molar-refractivity contribution in [1.82, 2.24) is 29.2 Å². The number of amides is 1. The molecule has 0 spiro atoms. The molecule has 1 saturated heterocycles. The summed E-state index contributed by atoms with van der Waals surface area (Å²) in [6.07, 6.45) is 4.77. The second-order valence-corrected chi connectivity index (χ2v) is 8.92. The van der Waals surface area contributed by atoms with E-state index in [1.54, 1.807) is 22.5 Å². The van der Waals surface area contributed by atoms with Crippen LogP contribution < -0.4 is 5.32 Å². The molecule has 3 rings (SSSR count). The number of hydrogen-bond acceptors (Lipinski definition) is 5. The summed E-state index contributed by atoms with van der Waals surface area (Å²) in [5, 5.41) is 11.5. The fourth-order valence-electron chi connectivity index (χ4n) is 3.42. The van der Waals surface area contributed by atoms with E-state index in [2.05, 4.69) is 15.5 Å². The Bertz CT molecular complexity index is 933. The zero-order chi connectivity index (χ0) is 20.3. The van der Waals surface area contributed by atoms with Crippen LogP contribution in [0.3, 0.4) is 0 Å². The standard InChI is InChI=1S/C18H28N6O3S/c1-4-22-10-8-16(21-22)11-19-18(25)15-7-6-9-24(12-15)28(26,27)17-13-23(5-2)20-14(17)3/h8,10,13,15H,4-7,9,11-12H2,1-3H3,(H,19,25). The summed E-state index contributed by atoms with van der Waals surface area (Å²) in [5.74, 6) is -0.495. The molecule has 10 heteroatoms. The Hall–Kier alpha value is -2.20. The quantitative estimate of drug-likeness (QED) is 0.740. The van der Waals surface area contributed by atoms with Crippen molar-refractivity contribution in [2.75, 3.05) is 13.1 Å². The molecule has 0 aromatic carbocycles. The fourth-order valence-corrected chi connectivity index (χ4v) is 5.12. The van der Waals surface area contributed by atoms with Crippen molar-refractivity contribution < 1.29 is 13.2 Å². The van der Waals surface area contributed by atoms with E-state index in [0.29, 0.717) is 38.2 Å². The van der Waals surface area contributed by atoms with Crippen LogP contribution in [0.25, 0.3) is 0 Å². The molecule has 154 valence electrons.